The van der Waals surface area contributed by atoms with Crippen LogP contribution in [-0.4, -0.2) is 50.5 Å². The Labute approximate surface area is 220 Å². The highest BCUT2D eigenvalue weighted by Crippen LogP contribution is 2.29. The number of carbonyl (C=O) groups excluding carboxylic acids is 1. The fourth-order valence-corrected chi connectivity index (χ4v) is 5.18. The van der Waals surface area contributed by atoms with Crippen LogP contribution in [0.2, 0.25) is 0 Å². The number of ether oxygens (including phenoxy) is 2. The van der Waals surface area contributed by atoms with Gasteiger partial charge in [0.05, 0.1) is 24.3 Å². The molecule has 2 aromatic carbocycles. The molecule has 0 aliphatic heterocycles. The van der Waals surface area contributed by atoms with Crippen molar-refractivity contribution in [2.75, 3.05) is 32.1 Å². The predicted molar refractivity (Wildman–Crippen MR) is 147 cm³/mol. The highest BCUT2D eigenvalue weighted by Gasteiger charge is 2.23. The Hall–Kier alpha value is -2.69. The number of hydrogen-bond acceptors (Lipinski definition) is 6. The van der Waals surface area contributed by atoms with Gasteiger partial charge in [-0.05, 0) is 59.9 Å². The molecule has 0 heterocycles. The number of benzene rings is 2. The second-order valence-electron chi connectivity index (χ2n) is 9.18. The highest BCUT2D eigenvalue weighted by molar-refractivity contribution is 7.89. The number of thiocarbonyl (C=S) groups is 1. The molecule has 0 radical (unpaired) electrons. The van der Waals surface area contributed by atoms with Gasteiger partial charge in [0.1, 0.15) is 11.5 Å². The van der Waals surface area contributed by atoms with Gasteiger partial charge in [-0.1, -0.05) is 46.8 Å². The molecule has 0 aliphatic rings. The van der Waals surface area contributed by atoms with Crippen LogP contribution in [0.3, 0.4) is 0 Å². The molecule has 2 N–H and O–H groups in total. The molecule has 0 spiro atoms. The third-order valence-electron chi connectivity index (χ3n) is 5.55. The van der Waals surface area contributed by atoms with E-state index in [0.717, 1.165) is 5.75 Å². The van der Waals surface area contributed by atoms with Gasteiger partial charge in [0, 0.05) is 19.5 Å². The normalized spacial score (nSPS) is 11.8. The molecule has 1 amide bonds. The Morgan fingerprint density at radius 3 is 2.25 bits per heavy atom. The monoisotopic (exact) mass is 535 g/mol. The van der Waals surface area contributed by atoms with Gasteiger partial charge < -0.3 is 20.1 Å². The minimum atomic E-state index is -3.66. The molecule has 0 unspecified atom stereocenters. The molecule has 0 bridgehead atoms. The maximum absolute atomic E-state index is 12.9. The summed E-state index contributed by atoms with van der Waals surface area (Å²) in [6.45, 7) is 11.1. The Balaban J connectivity index is 1.90. The van der Waals surface area contributed by atoms with Gasteiger partial charge in [-0.3, -0.25) is 4.79 Å². The molecule has 0 aliphatic carbocycles. The zero-order chi connectivity index (χ0) is 26.9. The van der Waals surface area contributed by atoms with Crippen molar-refractivity contribution in [1.29, 1.82) is 0 Å². The lowest BCUT2D eigenvalue weighted by atomic mass is 9.87. The van der Waals surface area contributed by atoms with Gasteiger partial charge in [-0.25, -0.2) is 8.42 Å². The minimum Gasteiger partial charge on any atom is -0.495 e. The van der Waals surface area contributed by atoms with E-state index in [4.69, 9.17) is 21.7 Å². The number of sulfonamides is 1. The summed E-state index contributed by atoms with van der Waals surface area (Å²) in [7, 11) is -2.19. The van der Waals surface area contributed by atoms with Crippen LogP contribution in [-0.2, 0) is 20.2 Å². The molecule has 2 rings (SSSR count). The Morgan fingerprint density at radius 2 is 1.69 bits per heavy atom. The first kappa shape index (κ1) is 29.5. The number of methoxy groups -OCH3 is 1. The van der Waals surface area contributed by atoms with Gasteiger partial charge in [-0.15, -0.1) is 0 Å². The molecule has 2 aromatic rings. The standard InChI is InChI=1S/C26H37N3O5S2/c1-7-29(8-2)36(31,32)21-15-16-23(33-6)22(18-21)27-25(35)28-24(30)10-9-17-34-20-13-11-19(12-14-20)26(3,4)5/h11-16,18H,7-10,17H2,1-6H3,(H2,27,28,30,35). The quantitative estimate of drug-likeness (QED) is 0.318. The third-order valence-corrected chi connectivity index (χ3v) is 7.80. The number of rotatable bonds is 11. The number of nitrogens with zero attached hydrogens (tertiary/aromatic N) is 1. The molecule has 0 saturated carbocycles. The average Bonchev–Trinajstić information content (AvgIpc) is 2.82. The smallest absolute Gasteiger partial charge is 0.243 e. The largest absolute Gasteiger partial charge is 0.495 e. The van der Waals surface area contributed by atoms with Crippen LogP contribution in [0.25, 0.3) is 0 Å². The highest BCUT2D eigenvalue weighted by atomic mass is 32.2. The molecule has 36 heavy (non-hydrogen) atoms. The lowest BCUT2D eigenvalue weighted by molar-refractivity contribution is -0.119. The second-order valence-corrected chi connectivity index (χ2v) is 11.5. The number of hydrogen-bond donors (Lipinski definition) is 2. The first-order valence-electron chi connectivity index (χ1n) is 11.9. The van der Waals surface area contributed by atoms with Crippen LogP contribution in [0, 0.1) is 0 Å². The Morgan fingerprint density at radius 1 is 1.06 bits per heavy atom. The van der Waals surface area contributed by atoms with E-state index in [-0.39, 0.29) is 27.8 Å². The van der Waals surface area contributed by atoms with Gasteiger partial charge in [0.25, 0.3) is 0 Å². The van der Waals surface area contributed by atoms with Gasteiger partial charge >= 0.3 is 0 Å². The molecule has 0 atom stereocenters. The van der Waals surface area contributed by atoms with Crippen LogP contribution in [0.5, 0.6) is 11.5 Å². The van der Waals surface area contributed by atoms with Crippen molar-refractivity contribution in [3.05, 3.63) is 48.0 Å². The first-order valence-corrected chi connectivity index (χ1v) is 13.8. The lowest BCUT2D eigenvalue weighted by Gasteiger charge is -2.20. The minimum absolute atomic E-state index is 0.0503. The van der Waals surface area contributed by atoms with Crippen molar-refractivity contribution in [1.82, 2.24) is 9.62 Å². The van der Waals surface area contributed by atoms with Crippen LogP contribution in [0.1, 0.15) is 53.0 Å². The van der Waals surface area contributed by atoms with E-state index < -0.39 is 10.0 Å². The summed E-state index contributed by atoms with van der Waals surface area (Å²) in [6.07, 6.45) is 0.728. The maximum atomic E-state index is 12.9. The van der Waals surface area contributed by atoms with E-state index in [1.807, 2.05) is 24.3 Å². The van der Waals surface area contributed by atoms with E-state index in [0.29, 0.717) is 37.6 Å². The zero-order valence-corrected chi connectivity index (χ0v) is 23.5. The summed E-state index contributed by atoms with van der Waals surface area (Å²) in [5.74, 6) is 0.883. The number of carbonyl (C=O) groups is 1. The molecule has 0 saturated heterocycles. The van der Waals surface area contributed by atoms with Gasteiger partial charge in [-0.2, -0.15) is 4.31 Å². The predicted octanol–water partition coefficient (Wildman–Crippen LogP) is 4.70. The summed E-state index contributed by atoms with van der Waals surface area (Å²) in [5, 5.41) is 5.54. The van der Waals surface area contributed by atoms with Crippen LogP contribution < -0.4 is 20.1 Å². The summed E-state index contributed by atoms with van der Waals surface area (Å²) >= 11 is 5.26. The van der Waals surface area contributed by atoms with Crippen molar-refractivity contribution in [2.24, 2.45) is 0 Å². The summed E-state index contributed by atoms with van der Waals surface area (Å²) in [6, 6.07) is 12.4. The first-order chi connectivity index (χ1) is 16.9. The zero-order valence-electron chi connectivity index (χ0n) is 21.9. The topological polar surface area (TPSA) is 97.0 Å². The van der Waals surface area contributed by atoms with Gasteiger partial charge in [0.2, 0.25) is 15.9 Å². The third kappa shape index (κ3) is 8.18. The summed E-state index contributed by atoms with van der Waals surface area (Å²) in [4.78, 5) is 12.4. The van der Waals surface area contributed by atoms with Crippen molar-refractivity contribution >= 4 is 38.9 Å². The van der Waals surface area contributed by atoms with Gasteiger partial charge in [0.15, 0.2) is 5.11 Å². The maximum Gasteiger partial charge on any atom is 0.243 e. The van der Waals surface area contributed by atoms with E-state index in [2.05, 4.69) is 31.4 Å². The van der Waals surface area contributed by atoms with Crippen molar-refractivity contribution in [3.8, 4) is 11.5 Å². The lowest BCUT2D eigenvalue weighted by Crippen LogP contribution is -2.34. The van der Waals surface area contributed by atoms with E-state index >= 15 is 0 Å². The fraction of sp³-hybridized carbons (Fsp3) is 0.462. The van der Waals surface area contributed by atoms with Crippen molar-refractivity contribution in [2.45, 2.75) is 57.8 Å². The molecule has 0 aromatic heterocycles. The van der Waals surface area contributed by atoms with Crippen LogP contribution >= 0.6 is 12.2 Å². The van der Waals surface area contributed by atoms with Crippen molar-refractivity contribution < 1.29 is 22.7 Å². The van der Waals surface area contributed by atoms with Crippen molar-refractivity contribution in [3.63, 3.8) is 0 Å². The summed E-state index contributed by atoms with van der Waals surface area (Å²) < 4.78 is 38.1. The van der Waals surface area contributed by atoms with E-state index in [1.165, 1.54) is 29.1 Å². The molecular formula is C26H37N3O5S2. The van der Waals surface area contributed by atoms with Crippen LogP contribution in [0.15, 0.2) is 47.4 Å². The molecule has 198 valence electrons. The molecule has 10 heteroatoms. The summed E-state index contributed by atoms with van der Waals surface area (Å²) in [5.41, 5.74) is 1.65. The van der Waals surface area contributed by atoms with Crippen LogP contribution in [0.4, 0.5) is 5.69 Å². The fourth-order valence-electron chi connectivity index (χ4n) is 3.47. The number of anilines is 1. The Kier molecular flexibility index (Phi) is 10.7. The second kappa shape index (κ2) is 13.0. The Bertz CT molecular complexity index is 1140. The molecular weight excluding hydrogens is 498 g/mol. The number of amides is 1. The average molecular weight is 536 g/mol. The molecule has 8 nitrogen and oxygen atoms in total. The SMILES string of the molecule is CCN(CC)S(=O)(=O)c1ccc(OC)c(NC(=S)NC(=O)CCCOc2ccc(C(C)(C)C)cc2)c1. The number of nitrogens with one attached hydrogen (secondary N) is 2. The van der Waals surface area contributed by atoms with E-state index in [9.17, 15) is 13.2 Å². The molecule has 0 fully saturated rings. The van der Waals surface area contributed by atoms with E-state index in [1.54, 1.807) is 19.9 Å².